The molecule has 27 heavy (non-hydrogen) atoms. The van der Waals surface area contributed by atoms with E-state index in [2.05, 4.69) is 19.1 Å². The van der Waals surface area contributed by atoms with E-state index >= 15 is 0 Å². The third-order valence-electron chi connectivity index (χ3n) is 6.25. The number of alkyl halides is 2. The molecule has 0 saturated heterocycles. The highest BCUT2D eigenvalue weighted by molar-refractivity contribution is 5.33. The Labute approximate surface area is 161 Å². The molecule has 0 bridgehead atoms. The van der Waals surface area contributed by atoms with Crippen molar-refractivity contribution in [3.05, 3.63) is 59.0 Å². The second-order valence-electron chi connectivity index (χ2n) is 8.27. The molecule has 0 nitrogen and oxygen atoms in total. The Hall–Kier alpha value is -1.51. The zero-order chi connectivity index (χ0) is 19.4. The average Bonchev–Trinajstić information content (AvgIpc) is 2.67. The molecule has 0 aromatic rings. The van der Waals surface area contributed by atoms with Crippen LogP contribution in [0.25, 0.3) is 0 Å². The van der Waals surface area contributed by atoms with Crippen molar-refractivity contribution >= 4 is 0 Å². The molecular formula is C24H31F3. The van der Waals surface area contributed by atoms with Crippen molar-refractivity contribution < 1.29 is 13.2 Å². The predicted octanol–water partition coefficient (Wildman–Crippen LogP) is 7.51. The van der Waals surface area contributed by atoms with Gasteiger partial charge < -0.3 is 0 Å². The smallest absolute Gasteiger partial charge is 0.157 e. The van der Waals surface area contributed by atoms with Gasteiger partial charge in [0.05, 0.1) is 0 Å². The lowest BCUT2D eigenvalue weighted by atomic mass is 9.75. The minimum absolute atomic E-state index is 0.0659. The van der Waals surface area contributed by atoms with E-state index < -0.39 is 12.3 Å². The maximum atomic E-state index is 14.3. The van der Waals surface area contributed by atoms with Gasteiger partial charge in [0.15, 0.2) is 12.3 Å². The van der Waals surface area contributed by atoms with Crippen LogP contribution >= 0.6 is 0 Å². The van der Waals surface area contributed by atoms with Gasteiger partial charge in [-0.3, -0.25) is 0 Å². The molecule has 0 aliphatic heterocycles. The molecular weight excluding hydrogens is 345 g/mol. The van der Waals surface area contributed by atoms with Crippen LogP contribution in [0.3, 0.4) is 0 Å². The monoisotopic (exact) mass is 376 g/mol. The SMILES string of the molecule is CCCC1=CC[C@H](/C=C/C2CCC(C3=CC=C(C)C(F)C3F)CC2)C=C1F. The van der Waals surface area contributed by atoms with Crippen LogP contribution in [0.5, 0.6) is 0 Å². The first-order valence-electron chi connectivity index (χ1n) is 10.4. The first-order chi connectivity index (χ1) is 13.0. The lowest BCUT2D eigenvalue weighted by Gasteiger charge is -2.32. The molecule has 3 atom stereocenters. The number of halogens is 3. The Morgan fingerprint density at radius 1 is 1.04 bits per heavy atom. The summed E-state index contributed by atoms with van der Waals surface area (Å²) >= 11 is 0. The zero-order valence-corrected chi connectivity index (χ0v) is 16.4. The van der Waals surface area contributed by atoms with Crippen LogP contribution in [-0.2, 0) is 0 Å². The van der Waals surface area contributed by atoms with Gasteiger partial charge in [0, 0.05) is 5.92 Å². The quantitative estimate of drug-likeness (QED) is 0.435. The van der Waals surface area contributed by atoms with E-state index in [9.17, 15) is 13.2 Å². The Kier molecular flexibility index (Phi) is 6.83. The van der Waals surface area contributed by atoms with E-state index in [-0.39, 0.29) is 17.7 Å². The van der Waals surface area contributed by atoms with Crippen molar-refractivity contribution in [2.75, 3.05) is 0 Å². The van der Waals surface area contributed by atoms with E-state index in [1.807, 2.05) is 6.08 Å². The highest BCUT2D eigenvalue weighted by Gasteiger charge is 2.34. The maximum absolute atomic E-state index is 14.3. The molecule has 0 radical (unpaired) electrons. The van der Waals surface area contributed by atoms with Crippen molar-refractivity contribution in [3.8, 4) is 0 Å². The van der Waals surface area contributed by atoms with Gasteiger partial charge in [-0.2, -0.15) is 0 Å². The topological polar surface area (TPSA) is 0 Å². The molecule has 3 aliphatic carbocycles. The van der Waals surface area contributed by atoms with Gasteiger partial charge in [-0.25, -0.2) is 13.2 Å². The van der Waals surface area contributed by atoms with Crippen LogP contribution in [0.1, 0.15) is 58.8 Å². The second-order valence-corrected chi connectivity index (χ2v) is 8.27. The van der Waals surface area contributed by atoms with Gasteiger partial charge in [0.1, 0.15) is 5.83 Å². The van der Waals surface area contributed by atoms with E-state index in [1.54, 1.807) is 25.2 Å². The third kappa shape index (κ3) is 4.86. The predicted molar refractivity (Wildman–Crippen MR) is 107 cm³/mol. The molecule has 1 saturated carbocycles. The van der Waals surface area contributed by atoms with Crippen LogP contribution in [-0.4, -0.2) is 12.3 Å². The normalized spacial score (nSPS) is 34.8. The van der Waals surface area contributed by atoms with Crippen LogP contribution in [0.2, 0.25) is 0 Å². The van der Waals surface area contributed by atoms with Gasteiger partial charge in [-0.15, -0.1) is 0 Å². The molecule has 0 N–H and O–H groups in total. The molecule has 0 heterocycles. The second kappa shape index (κ2) is 9.12. The molecule has 0 aromatic heterocycles. The summed E-state index contributed by atoms with van der Waals surface area (Å²) in [6.45, 7) is 3.71. The van der Waals surface area contributed by atoms with Gasteiger partial charge in [0.2, 0.25) is 0 Å². The Morgan fingerprint density at radius 2 is 1.78 bits per heavy atom. The fourth-order valence-corrected chi connectivity index (χ4v) is 4.48. The summed E-state index contributed by atoms with van der Waals surface area (Å²) in [5, 5.41) is 0. The Bertz CT molecular complexity index is 672. The standard InChI is InChI=1S/C24H31F3/c1-3-4-20-13-10-18(15-22(20)25)7-6-17-8-11-19(12-9-17)21-14-5-16(2)23(26)24(21)27/h5-7,13-15,17-19,23-24H,3-4,8-12H2,1-2H3/b7-6+/t17?,18-,19?,23?,24?/m0/s1. The largest absolute Gasteiger partial charge is 0.239 e. The van der Waals surface area contributed by atoms with Crippen molar-refractivity contribution in [3.63, 3.8) is 0 Å². The summed E-state index contributed by atoms with van der Waals surface area (Å²) < 4.78 is 42.4. The van der Waals surface area contributed by atoms with Crippen LogP contribution in [0.4, 0.5) is 13.2 Å². The van der Waals surface area contributed by atoms with E-state index in [0.29, 0.717) is 17.1 Å². The fourth-order valence-electron chi connectivity index (χ4n) is 4.48. The highest BCUT2D eigenvalue weighted by atomic mass is 19.2. The molecule has 3 heteroatoms. The van der Waals surface area contributed by atoms with Gasteiger partial charge in [-0.05, 0) is 80.1 Å². The van der Waals surface area contributed by atoms with Crippen LogP contribution in [0, 0.1) is 17.8 Å². The summed E-state index contributed by atoms with van der Waals surface area (Å²) in [6, 6.07) is 0. The highest BCUT2D eigenvalue weighted by Crippen LogP contribution is 2.39. The number of hydrogen-bond acceptors (Lipinski definition) is 0. The average molecular weight is 377 g/mol. The number of allylic oxidation sites excluding steroid dienone is 10. The first-order valence-corrected chi connectivity index (χ1v) is 10.4. The van der Waals surface area contributed by atoms with Crippen molar-refractivity contribution in [1.82, 2.24) is 0 Å². The van der Waals surface area contributed by atoms with Crippen molar-refractivity contribution in [1.29, 1.82) is 0 Å². The van der Waals surface area contributed by atoms with Crippen LogP contribution < -0.4 is 0 Å². The summed E-state index contributed by atoms with van der Waals surface area (Å²) in [7, 11) is 0. The molecule has 0 spiro atoms. The summed E-state index contributed by atoms with van der Waals surface area (Å²) in [5.41, 5.74) is 1.97. The fraction of sp³-hybridized carbons (Fsp3) is 0.583. The summed E-state index contributed by atoms with van der Waals surface area (Å²) in [5.74, 6) is 0.682. The van der Waals surface area contributed by atoms with Gasteiger partial charge >= 0.3 is 0 Å². The molecule has 2 unspecified atom stereocenters. The van der Waals surface area contributed by atoms with Crippen molar-refractivity contribution in [2.45, 2.75) is 71.1 Å². The summed E-state index contributed by atoms with van der Waals surface area (Å²) in [6.07, 6.45) is 15.1. The Balaban J connectivity index is 1.51. The minimum atomic E-state index is -1.48. The molecule has 0 aromatic carbocycles. The zero-order valence-electron chi connectivity index (χ0n) is 16.4. The van der Waals surface area contributed by atoms with E-state index in [4.69, 9.17) is 0 Å². The lowest BCUT2D eigenvalue weighted by Crippen LogP contribution is -2.29. The molecule has 0 amide bonds. The molecule has 148 valence electrons. The molecule has 3 aliphatic rings. The Morgan fingerprint density at radius 3 is 2.44 bits per heavy atom. The first kappa shape index (κ1) is 20.2. The molecule has 1 fully saturated rings. The van der Waals surface area contributed by atoms with Crippen LogP contribution in [0.15, 0.2) is 59.0 Å². The minimum Gasteiger partial charge on any atom is -0.239 e. The summed E-state index contributed by atoms with van der Waals surface area (Å²) in [4.78, 5) is 0. The maximum Gasteiger partial charge on any atom is 0.157 e. The van der Waals surface area contributed by atoms with E-state index in [0.717, 1.165) is 50.5 Å². The number of rotatable bonds is 5. The van der Waals surface area contributed by atoms with E-state index in [1.165, 1.54) is 0 Å². The van der Waals surface area contributed by atoms with Gasteiger partial charge in [0.25, 0.3) is 0 Å². The third-order valence-corrected chi connectivity index (χ3v) is 6.25. The number of hydrogen-bond donors (Lipinski definition) is 0. The lowest BCUT2D eigenvalue weighted by molar-refractivity contribution is 0.197. The van der Waals surface area contributed by atoms with Gasteiger partial charge in [-0.1, -0.05) is 43.7 Å². The molecule has 3 rings (SSSR count). The van der Waals surface area contributed by atoms with Crippen molar-refractivity contribution in [2.24, 2.45) is 17.8 Å².